The number of carbonyl (C=O) groups excluding carboxylic acids is 2. The van der Waals surface area contributed by atoms with E-state index in [0.717, 1.165) is 10.6 Å². The highest BCUT2D eigenvalue weighted by Gasteiger charge is 2.52. The molecule has 0 aromatic carbocycles. The number of Topliss-reactive ketones (excluding diaryl/α,β-unsaturated/α-hetero) is 1. The van der Waals surface area contributed by atoms with Crippen molar-refractivity contribution in [3.05, 3.63) is 33.1 Å². The van der Waals surface area contributed by atoms with Crippen molar-refractivity contribution in [2.45, 2.75) is 38.2 Å². The van der Waals surface area contributed by atoms with Crippen LogP contribution in [0.3, 0.4) is 0 Å². The van der Waals surface area contributed by atoms with Crippen molar-refractivity contribution in [3.8, 4) is 0 Å². The zero-order valence-corrected chi connectivity index (χ0v) is 12.1. The van der Waals surface area contributed by atoms with Gasteiger partial charge in [0, 0.05) is 25.6 Å². The number of rotatable bonds is 4. The van der Waals surface area contributed by atoms with E-state index in [0.29, 0.717) is 0 Å². The first kappa shape index (κ1) is 16.1. The van der Waals surface area contributed by atoms with Crippen molar-refractivity contribution in [2.24, 2.45) is 0 Å². The van der Waals surface area contributed by atoms with Gasteiger partial charge in [-0.15, -0.1) is 0 Å². The standard InChI is InChI=1S/C13H16N2O7/c1-7(16)13(20)5-11(22-9(13)6-21-8(2)17)15-4-3-10(18)14-12(15)19/h3-4,9,11,20H,5-6H2,1-2H3,(H,14,18,19)/t9-,11-,13-/m1/s1. The fourth-order valence-electron chi connectivity index (χ4n) is 2.31. The molecule has 22 heavy (non-hydrogen) atoms. The van der Waals surface area contributed by atoms with Crippen molar-refractivity contribution in [3.63, 3.8) is 0 Å². The molecule has 1 aromatic rings. The van der Waals surface area contributed by atoms with Gasteiger partial charge in [0.2, 0.25) is 0 Å². The number of nitrogens with zero attached hydrogens (tertiary/aromatic N) is 1. The van der Waals surface area contributed by atoms with Crippen molar-refractivity contribution in [1.82, 2.24) is 9.55 Å². The van der Waals surface area contributed by atoms with E-state index >= 15 is 0 Å². The van der Waals surface area contributed by atoms with Gasteiger partial charge >= 0.3 is 11.7 Å². The largest absolute Gasteiger partial charge is 0.463 e. The number of esters is 1. The molecule has 0 radical (unpaired) electrons. The van der Waals surface area contributed by atoms with Gasteiger partial charge in [-0.05, 0) is 6.92 Å². The molecule has 9 heteroatoms. The number of carbonyl (C=O) groups is 2. The Kier molecular flexibility index (Phi) is 4.29. The SMILES string of the molecule is CC(=O)OC[C@H]1O[C@@H](n2ccc(=O)[nH]c2=O)C[C@@]1(O)C(C)=O. The third-order valence-electron chi connectivity index (χ3n) is 3.55. The third kappa shape index (κ3) is 3.00. The lowest BCUT2D eigenvalue weighted by molar-refractivity contribution is -0.157. The number of nitrogens with one attached hydrogen (secondary N) is 1. The monoisotopic (exact) mass is 312 g/mol. The molecule has 2 rings (SSSR count). The average molecular weight is 312 g/mol. The lowest BCUT2D eigenvalue weighted by Crippen LogP contribution is -2.47. The molecule has 2 heterocycles. The van der Waals surface area contributed by atoms with E-state index in [1.807, 2.05) is 0 Å². The van der Waals surface area contributed by atoms with Crippen LogP contribution in [0.4, 0.5) is 0 Å². The fraction of sp³-hybridized carbons (Fsp3) is 0.538. The number of hydrogen-bond donors (Lipinski definition) is 2. The molecule has 1 aliphatic heterocycles. The van der Waals surface area contributed by atoms with E-state index in [4.69, 9.17) is 9.47 Å². The molecular weight excluding hydrogens is 296 g/mol. The summed E-state index contributed by atoms with van der Waals surface area (Å²) >= 11 is 0. The van der Waals surface area contributed by atoms with Gasteiger partial charge in [0.1, 0.15) is 18.9 Å². The number of H-pyrrole nitrogens is 1. The van der Waals surface area contributed by atoms with Crippen LogP contribution in [0.2, 0.25) is 0 Å². The molecule has 0 saturated carbocycles. The maximum Gasteiger partial charge on any atom is 0.330 e. The van der Waals surface area contributed by atoms with E-state index in [1.54, 1.807) is 0 Å². The van der Waals surface area contributed by atoms with Crippen LogP contribution >= 0.6 is 0 Å². The molecule has 0 amide bonds. The Morgan fingerprint density at radius 3 is 2.73 bits per heavy atom. The van der Waals surface area contributed by atoms with Gasteiger partial charge in [0.15, 0.2) is 11.4 Å². The molecular formula is C13H16N2O7. The van der Waals surface area contributed by atoms with Crippen molar-refractivity contribution in [2.75, 3.05) is 6.61 Å². The zero-order chi connectivity index (χ0) is 16.5. The van der Waals surface area contributed by atoms with Crippen LogP contribution < -0.4 is 11.2 Å². The fourth-order valence-corrected chi connectivity index (χ4v) is 2.31. The summed E-state index contributed by atoms with van der Waals surface area (Å²) in [5.41, 5.74) is -3.18. The molecule has 1 saturated heterocycles. The van der Waals surface area contributed by atoms with Gasteiger partial charge in [-0.25, -0.2) is 4.79 Å². The summed E-state index contributed by atoms with van der Waals surface area (Å²) in [6.07, 6.45) is -1.04. The van der Waals surface area contributed by atoms with Gasteiger partial charge in [-0.2, -0.15) is 0 Å². The first-order valence-electron chi connectivity index (χ1n) is 6.58. The Labute approximate surface area is 124 Å². The highest BCUT2D eigenvalue weighted by molar-refractivity contribution is 5.85. The summed E-state index contributed by atoms with van der Waals surface area (Å²) < 4.78 is 11.3. The molecule has 0 bridgehead atoms. The predicted octanol–water partition coefficient (Wildman–Crippen LogP) is -1.29. The second kappa shape index (κ2) is 5.85. The minimum Gasteiger partial charge on any atom is -0.463 e. The van der Waals surface area contributed by atoms with Crippen LogP contribution in [0.1, 0.15) is 26.5 Å². The van der Waals surface area contributed by atoms with Crippen molar-refractivity contribution >= 4 is 11.8 Å². The number of aromatic nitrogens is 2. The highest BCUT2D eigenvalue weighted by Crippen LogP contribution is 2.36. The van der Waals surface area contributed by atoms with Crippen molar-refractivity contribution < 1.29 is 24.2 Å². The molecule has 9 nitrogen and oxygen atoms in total. The smallest absolute Gasteiger partial charge is 0.330 e. The average Bonchev–Trinajstić information content (AvgIpc) is 2.75. The van der Waals surface area contributed by atoms with Gasteiger partial charge in [0.25, 0.3) is 5.56 Å². The maximum absolute atomic E-state index is 11.8. The normalized spacial score (nSPS) is 27.6. The predicted molar refractivity (Wildman–Crippen MR) is 72.1 cm³/mol. The third-order valence-corrected chi connectivity index (χ3v) is 3.55. The molecule has 1 aromatic heterocycles. The van der Waals surface area contributed by atoms with E-state index in [-0.39, 0.29) is 13.0 Å². The number of ether oxygens (including phenoxy) is 2. The van der Waals surface area contributed by atoms with E-state index in [1.165, 1.54) is 20.0 Å². The zero-order valence-electron chi connectivity index (χ0n) is 12.1. The van der Waals surface area contributed by atoms with Crippen LogP contribution in [0.25, 0.3) is 0 Å². The lowest BCUT2D eigenvalue weighted by atomic mass is 9.91. The molecule has 0 spiro atoms. The van der Waals surface area contributed by atoms with Gasteiger partial charge < -0.3 is 14.6 Å². The lowest BCUT2D eigenvalue weighted by Gasteiger charge is -2.24. The van der Waals surface area contributed by atoms with Crippen LogP contribution in [0, 0.1) is 0 Å². The Bertz CT molecular complexity index is 707. The molecule has 1 aliphatic rings. The van der Waals surface area contributed by atoms with Gasteiger partial charge in [0.05, 0.1) is 0 Å². The minimum atomic E-state index is -1.88. The summed E-state index contributed by atoms with van der Waals surface area (Å²) in [4.78, 5) is 47.5. The first-order valence-corrected chi connectivity index (χ1v) is 6.58. The summed E-state index contributed by atoms with van der Waals surface area (Å²) in [6, 6.07) is 1.12. The van der Waals surface area contributed by atoms with Gasteiger partial charge in [-0.3, -0.25) is 23.9 Å². The van der Waals surface area contributed by atoms with Crippen LogP contribution in [0.15, 0.2) is 21.9 Å². The topological polar surface area (TPSA) is 128 Å². The molecule has 1 fully saturated rings. The second-order valence-corrected chi connectivity index (χ2v) is 5.08. The van der Waals surface area contributed by atoms with Crippen molar-refractivity contribution in [1.29, 1.82) is 0 Å². The molecule has 0 aliphatic carbocycles. The Hall–Kier alpha value is -2.26. The first-order chi connectivity index (χ1) is 10.2. The highest BCUT2D eigenvalue weighted by atomic mass is 16.6. The maximum atomic E-state index is 11.8. The Morgan fingerprint density at radius 2 is 2.18 bits per heavy atom. The van der Waals surface area contributed by atoms with E-state index in [9.17, 15) is 24.3 Å². The summed E-state index contributed by atoms with van der Waals surface area (Å²) in [7, 11) is 0. The molecule has 0 unspecified atom stereocenters. The van der Waals surface area contributed by atoms with E-state index < -0.39 is 40.9 Å². The molecule has 120 valence electrons. The van der Waals surface area contributed by atoms with Gasteiger partial charge in [-0.1, -0.05) is 0 Å². The summed E-state index contributed by atoms with van der Waals surface area (Å²) in [6.45, 7) is 2.05. The van der Waals surface area contributed by atoms with Crippen LogP contribution in [-0.2, 0) is 19.1 Å². The Balaban J connectivity index is 2.30. The minimum absolute atomic E-state index is 0.194. The number of aliphatic hydroxyl groups is 1. The number of ketones is 1. The summed E-state index contributed by atoms with van der Waals surface area (Å²) in [5.74, 6) is -1.15. The number of hydrogen-bond acceptors (Lipinski definition) is 7. The van der Waals surface area contributed by atoms with Crippen LogP contribution in [-0.4, -0.2) is 44.7 Å². The molecule has 3 atom stereocenters. The van der Waals surface area contributed by atoms with Crippen LogP contribution in [0.5, 0.6) is 0 Å². The Morgan fingerprint density at radius 1 is 1.50 bits per heavy atom. The quantitative estimate of drug-likeness (QED) is 0.662. The summed E-state index contributed by atoms with van der Waals surface area (Å²) in [5, 5.41) is 10.5. The molecule has 2 N–H and O–H groups in total. The second-order valence-electron chi connectivity index (χ2n) is 5.08. The number of aromatic amines is 1. The van der Waals surface area contributed by atoms with E-state index in [2.05, 4.69) is 4.98 Å².